The van der Waals surface area contributed by atoms with Crippen LogP contribution in [0.4, 0.5) is 5.69 Å². The van der Waals surface area contributed by atoms with Crippen LogP contribution in [0.25, 0.3) is 0 Å². The number of nitro benzene ring substituents is 1. The van der Waals surface area contributed by atoms with Crippen LogP contribution in [0.5, 0.6) is 0 Å². The maximum atomic E-state index is 12.4. The van der Waals surface area contributed by atoms with Crippen molar-refractivity contribution < 1.29 is 9.72 Å². The molecule has 1 aromatic rings. The first-order valence-corrected chi connectivity index (χ1v) is 7.29. The molecular weight excluding hydrogens is 270 g/mol. The molecule has 1 aliphatic carbocycles. The van der Waals surface area contributed by atoms with Crippen LogP contribution in [0.3, 0.4) is 0 Å². The van der Waals surface area contributed by atoms with Gasteiger partial charge in [-0.05, 0) is 31.7 Å². The van der Waals surface area contributed by atoms with Gasteiger partial charge in [0, 0.05) is 18.2 Å². The number of nitro groups is 1. The Labute approximate surface area is 123 Å². The fraction of sp³-hybridized carbons (Fsp3) is 0.533. The van der Waals surface area contributed by atoms with Crippen LogP contribution >= 0.6 is 0 Å². The van der Waals surface area contributed by atoms with Gasteiger partial charge in [0.05, 0.1) is 4.92 Å². The zero-order valence-electron chi connectivity index (χ0n) is 12.2. The van der Waals surface area contributed by atoms with Crippen molar-refractivity contribution in [2.24, 2.45) is 11.7 Å². The summed E-state index contributed by atoms with van der Waals surface area (Å²) < 4.78 is 0. The minimum atomic E-state index is -0.503. The first kappa shape index (κ1) is 15.4. The molecule has 6 heteroatoms. The average molecular weight is 291 g/mol. The van der Waals surface area contributed by atoms with Crippen molar-refractivity contribution in [1.82, 2.24) is 5.32 Å². The third-order valence-corrected chi connectivity index (χ3v) is 4.20. The molecule has 0 aromatic heterocycles. The number of carbonyl (C=O) groups is 1. The van der Waals surface area contributed by atoms with Crippen molar-refractivity contribution in [2.45, 2.75) is 38.6 Å². The van der Waals surface area contributed by atoms with Crippen LogP contribution in [-0.2, 0) is 0 Å². The summed E-state index contributed by atoms with van der Waals surface area (Å²) in [6.45, 7) is 1.99. The molecule has 21 heavy (non-hydrogen) atoms. The molecule has 2 rings (SSSR count). The van der Waals surface area contributed by atoms with E-state index < -0.39 is 10.8 Å². The number of amides is 1. The summed E-state index contributed by atoms with van der Waals surface area (Å²) in [5.74, 6) is -0.0319. The Bertz CT molecular complexity index is 539. The summed E-state index contributed by atoms with van der Waals surface area (Å²) in [5, 5.41) is 14.0. The third-order valence-electron chi connectivity index (χ3n) is 4.20. The molecule has 0 heterocycles. The van der Waals surface area contributed by atoms with Gasteiger partial charge >= 0.3 is 0 Å². The molecule has 1 amide bonds. The van der Waals surface area contributed by atoms with Gasteiger partial charge in [-0.2, -0.15) is 0 Å². The van der Waals surface area contributed by atoms with E-state index in [2.05, 4.69) is 5.32 Å². The molecule has 1 fully saturated rings. The average Bonchev–Trinajstić information content (AvgIpc) is 2.97. The molecule has 1 aromatic carbocycles. The number of para-hydroxylation sites is 1. The van der Waals surface area contributed by atoms with E-state index in [1.54, 1.807) is 19.1 Å². The maximum Gasteiger partial charge on any atom is 0.285 e. The Morgan fingerprint density at radius 2 is 2.14 bits per heavy atom. The summed E-state index contributed by atoms with van der Waals surface area (Å²) in [6, 6.07) is 4.67. The number of hydrogen-bond donors (Lipinski definition) is 2. The number of nitrogens with one attached hydrogen (secondary N) is 1. The van der Waals surface area contributed by atoms with Crippen LogP contribution in [0, 0.1) is 23.0 Å². The fourth-order valence-electron chi connectivity index (χ4n) is 3.06. The second-order valence-electron chi connectivity index (χ2n) is 5.59. The second-order valence-corrected chi connectivity index (χ2v) is 5.59. The summed E-state index contributed by atoms with van der Waals surface area (Å²) >= 11 is 0. The van der Waals surface area contributed by atoms with E-state index in [0.29, 0.717) is 18.0 Å². The lowest BCUT2D eigenvalue weighted by atomic mass is 9.97. The van der Waals surface area contributed by atoms with Gasteiger partial charge in [0.25, 0.3) is 11.6 Å². The number of hydrogen-bond acceptors (Lipinski definition) is 4. The van der Waals surface area contributed by atoms with E-state index in [9.17, 15) is 14.9 Å². The van der Waals surface area contributed by atoms with Crippen LogP contribution in [0.15, 0.2) is 18.2 Å². The Hall–Kier alpha value is -1.95. The minimum Gasteiger partial charge on any atom is -0.348 e. The largest absolute Gasteiger partial charge is 0.348 e. The van der Waals surface area contributed by atoms with Gasteiger partial charge in [-0.3, -0.25) is 14.9 Å². The Balaban J connectivity index is 2.19. The summed E-state index contributed by atoms with van der Waals surface area (Å²) in [6.07, 6.45) is 4.42. The van der Waals surface area contributed by atoms with Crippen molar-refractivity contribution in [2.75, 3.05) is 6.54 Å². The van der Waals surface area contributed by atoms with Gasteiger partial charge in [-0.25, -0.2) is 0 Å². The number of nitrogens with zero attached hydrogens (tertiary/aromatic N) is 1. The van der Waals surface area contributed by atoms with Gasteiger partial charge < -0.3 is 11.1 Å². The van der Waals surface area contributed by atoms with E-state index in [-0.39, 0.29) is 17.3 Å². The topological polar surface area (TPSA) is 98.3 Å². The molecule has 1 saturated carbocycles. The highest BCUT2D eigenvalue weighted by molar-refractivity contribution is 5.98. The van der Waals surface area contributed by atoms with Gasteiger partial charge in [0.2, 0.25) is 0 Å². The first-order valence-electron chi connectivity index (χ1n) is 7.29. The van der Waals surface area contributed by atoms with Crippen molar-refractivity contribution in [1.29, 1.82) is 0 Å². The molecule has 1 atom stereocenters. The highest BCUT2D eigenvalue weighted by Gasteiger charge is 2.28. The smallest absolute Gasteiger partial charge is 0.285 e. The first-order chi connectivity index (χ1) is 10.0. The zero-order chi connectivity index (χ0) is 15.4. The fourth-order valence-corrected chi connectivity index (χ4v) is 3.06. The predicted molar refractivity (Wildman–Crippen MR) is 80.1 cm³/mol. The molecule has 0 spiro atoms. The van der Waals surface area contributed by atoms with E-state index in [0.717, 1.165) is 25.7 Å². The Kier molecular flexibility index (Phi) is 4.90. The number of benzene rings is 1. The van der Waals surface area contributed by atoms with Crippen LogP contribution < -0.4 is 11.1 Å². The lowest BCUT2D eigenvalue weighted by Crippen LogP contribution is -2.44. The van der Waals surface area contributed by atoms with Crippen molar-refractivity contribution in [3.63, 3.8) is 0 Å². The SMILES string of the molecule is Cc1cccc(C(=O)NC(CN)C2CCCC2)c1[N+](=O)[O-]. The second kappa shape index (κ2) is 6.67. The molecule has 3 N–H and O–H groups in total. The van der Waals surface area contributed by atoms with E-state index >= 15 is 0 Å². The summed E-state index contributed by atoms with van der Waals surface area (Å²) in [7, 11) is 0. The standard InChI is InChI=1S/C15H21N3O3/c1-10-5-4-8-12(14(10)18(20)21)15(19)17-13(9-16)11-6-2-3-7-11/h4-5,8,11,13H,2-3,6-7,9,16H2,1H3,(H,17,19). The Morgan fingerprint density at radius 3 is 2.71 bits per heavy atom. The lowest BCUT2D eigenvalue weighted by molar-refractivity contribution is -0.385. The highest BCUT2D eigenvalue weighted by atomic mass is 16.6. The van der Waals surface area contributed by atoms with Gasteiger partial charge in [-0.15, -0.1) is 0 Å². The van der Waals surface area contributed by atoms with Crippen molar-refractivity contribution in [3.05, 3.63) is 39.4 Å². The van der Waals surface area contributed by atoms with E-state index in [1.807, 2.05) is 0 Å². The monoisotopic (exact) mass is 291 g/mol. The summed E-state index contributed by atoms with van der Waals surface area (Å²) in [4.78, 5) is 23.0. The van der Waals surface area contributed by atoms with Crippen LogP contribution in [-0.4, -0.2) is 23.4 Å². The number of carbonyl (C=O) groups excluding carboxylic acids is 1. The minimum absolute atomic E-state index is 0.108. The maximum absolute atomic E-state index is 12.4. The number of rotatable bonds is 5. The quantitative estimate of drug-likeness (QED) is 0.641. The van der Waals surface area contributed by atoms with Crippen LogP contribution in [0.2, 0.25) is 0 Å². The van der Waals surface area contributed by atoms with Crippen molar-refractivity contribution >= 4 is 11.6 Å². The molecular formula is C15H21N3O3. The molecule has 1 aliphatic rings. The van der Waals surface area contributed by atoms with Gasteiger partial charge in [0.1, 0.15) is 5.56 Å². The number of aryl methyl sites for hydroxylation is 1. The van der Waals surface area contributed by atoms with Crippen molar-refractivity contribution in [3.8, 4) is 0 Å². The normalized spacial score (nSPS) is 16.7. The van der Waals surface area contributed by atoms with Crippen LogP contribution in [0.1, 0.15) is 41.6 Å². The molecule has 114 valence electrons. The predicted octanol–water partition coefficient (Wildman–Crippen LogP) is 2.15. The van der Waals surface area contributed by atoms with Gasteiger partial charge in [0.15, 0.2) is 0 Å². The lowest BCUT2D eigenvalue weighted by Gasteiger charge is -2.23. The zero-order valence-corrected chi connectivity index (χ0v) is 12.2. The number of nitrogens with two attached hydrogens (primary N) is 1. The highest BCUT2D eigenvalue weighted by Crippen LogP contribution is 2.28. The molecule has 6 nitrogen and oxygen atoms in total. The summed E-state index contributed by atoms with van der Waals surface area (Å²) in [5.41, 5.74) is 6.22. The molecule has 1 unspecified atom stereocenters. The molecule has 0 radical (unpaired) electrons. The Morgan fingerprint density at radius 1 is 1.48 bits per heavy atom. The van der Waals surface area contributed by atoms with E-state index in [1.165, 1.54) is 6.07 Å². The van der Waals surface area contributed by atoms with Gasteiger partial charge in [-0.1, -0.05) is 25.0 Å². The molecule has 0 bridgehead atoms. The third kappa shape index (κ3) is 3.39. The molecule has 0 saturated heterocycles. The molecule has 0 aliphatic heterocycles. The van der Waals surface area contributed by atoms with E-state index in [4.69, 9.17) is 5.73 Å².